The molecule has 1 fully saturated rings. The molecule has 1 aliphatic rings. The van der Waals surface area contributed by atoms with Crippen LogP contribution in [0.5, 0.6) is 0 Å². The smallest absolute Gasteiger partial charge is 0.481 e. The largest absolute Gasteiger partial charge is 0.494 e. The quantitative estimate of drug-likeness (QED) is 0.0913. The Hall–Kier alpha value is -4.32. The predicted molar refractivity (Wildman–Crippen MR) is 178 cm³/mol. The third-order valence-corrected chi connectivity index (χ3v) is 8.80. The first-order valence-electron chi connectivity index (χ1n) is 15.4. The van der Waals surface area contributed by atoms with Crippen molar-refractivity contribution >= 4 is 30.3 Å². The van der Waals surface area contributed by atoms with Crippen molar-refractivity contribution in [1.29, 1.82) is 0 Å². The van der Waals surface area contributed by atoms with Crippen LogP contribution in [0.4, 0.5) is 4.39 Å². The number of carbonyl (C=O) groups is 1. The normalized spacial score (nSPS) is 16.4. The summed E-state index contributed by atoms with van der Waals surface area (Å²) in [5, 5.41) is 10.3. The van der Waals surface area contributed by atoms with Crippen LogP contribution >= 0.6 is 11.8 Å². The summed E-state index contributed by atoms with van der Waals surface area (Å²) in [6, 6.07) is 27.7. The molecule has 0 aliphatic carbocycles. The monoisotopic (exact) mass is 636 g/mol. The van der Waals surface area contributed by atoms with Gasteiger partial charge in [0, 0.05) is 35.7 Å². The van der Waals surface area contributed by atoms with Crippen LogP contribution in [0.2, 0.25) is 0 Å². The zero-order valence-electron chi connectivity index (χ0n) is 25.5. The van der Waals surface area contributed by atoms with Crippen molar-refractivity contribution in [3.05, 3.63) is 103 Å². The number of hydrogen-bond acceptors (Lipinski definition) is 7. The van der Waals surface area contributed by atoms with Gasteiger partial charge in [-0.2, -0.15) is 0 Å². The molecule has 234 valence electrons. The minimum Gasteiger partial charge on any atom is -0.481 e. The molecule has 0 amide bonds. The zero-order valence-corrected chi connectivity index (χ0v) is 26.3. The van der Waals surface area contributed by atoms with Crippen LogP contribution in [-0.2, 0) is 20.6 Å². The van der Waals surface area contributed by atoms with Crippen LogP contribution in [0, 0.1) is 5.82 Å². The number of nitrogens with zero attached hydrogens (tertiary/aromatic N) is 4. The molecule has 0 spiro atoms. The van der Waals surface area contributed by atoms with Gasteiger partial charge < -0.3 is 19.0 Å². The van der Waals surface area contributed by atoms with Crippen LogP contribution in [0.25, 0.3) is 34.0 Å². The van der Waals surface area contributed by atoms with Gasteiger partial charge in [0.2, 0.25) is 0 Å². The molecule has 0 unspecified atom stereocenters. The highest BCUT2D eigenvalue weighted by atomic mass is 32.2. The Balaban J connectivity index is 1.42. The van der Waals surface area contributed by atoms with Gasteiger partial charge in [-0.25, -0.2) is 19.3 Å². The van der Waals surface area contributed by atoms with Gasteiger partial charge in [-0.3, -0.25) is 4.79 Å². The molecule has 8 nitrogen and oxygen atoms in total. The maximum absolute atomic E-state index is 14.0. The van der Waals surface area contributed by atoms with E-state index in [-0.39, 0.29) is 18.3 Å². The summed E-state index contributed by atoms with van der Waals surface area (Å²) in [5.74, 6) is 0.397. The van der Waals surface area contributed by atoms with Crippen molar-refractivity contribution in [2.45, 2.75) is 56.5 Å². The number of carboxylic acid groups (broad SMARTS) is 1. The third kappa shape index (κ3) is 7.55. The molecule has 0 saturated carbocycles. The summed E-state index contributed by atoms with van der Waals surface area (Å²) < 4.78 is 28.7. The Bertz CT molecular complexity index is 1760. The van der Waals surface area contributed by atoms with Gasteiger partial charge in [-0.15, -0.1) is 0 Å². The minimum atomic E-state index is -0.912. The van der Waals surface area contributed by atoms with E-state index in [0.717, 1.165) is 40.3 Å². The summed E-state index contributed by atoms with van der Waals surface area (Å²) in [5.41, 5.74) is 4.71. The van der Waals surface area contributed by atoms with Crippen LogP contribution < -0.4 is 5.46 Å². The Morgan fingerprint density at radius 2 is 1.67 bits per heavy atom. The number of hydrogen-bond donors (Lipinski definition) is 1. The molecule has 0 radical (unpaired) electrons. The number of benzene rings is 3. The van der Waals surface area contributed by atoms with Crippen molar-refractivity contribution in [2.75, 3.05) is 5.75 Å². The van der Waals surface area contributed by atoms with Gasteiger partial charge in [-0.1, -0.05) is 79.3 Å². The fourth-order valence-electron chi connectivity index (χ4n) is 5.62. The number of halogens is 1. The fourth-order valence-corrected chi connectivity index (χ4v) is 6.31. The molecule has 1 aliphatic heterocycles. The van der Waals surface area contributed by atoms with Crippen molar-refractivity contribution in [3.63, 3.8) is 0 Å². The molecule has 3 aromatic carbocycles. The topological polar surface area (TPSA) is 99.4 Å². The average Bonchev–Trinajstić information content (AvgIpc) is 3.47. The highest BCUT2D eigenvalue weighted by Crippen LogP contribution is 2.37. The fraction of sp³-hybridized carbons (Fsp3) is 0.257. The van der Waals surface area contributed by atoms with E-state index in [1.165, 1.54) is 12.1 Å². The summed E-state index contributed by atoms with van der Waals surface area (Å²) in [7, 11) is -0.671. The maximum atomic E-state index is 14.0. The second kappa shape index (κ2) is 14.9. The van der Waals surface area contributed by atoms with Crippen molar-refractivity contribution in [2.24, 2.45) is 0 Å². The number of rotatable bonds is 12. The Morgan fingerprint density at radius 1 is 0.957 bits per heavy atom. The lowest BCUT2D eigenvalue weighted by molar-refractivity contribution is -0.140. The van der Waals surface area contributed by atoms with E-state index in [4.69, 9.17) is 19.3 Å². The summed E-state index contributed by atoms with van der Waals surface area (Å²) in [4.78, 5) is 26.3. The molecular weight excluding hydrogens is 602 g/mol. The van der Waals surface area contributed by atoms with E-state index in [0.29, 0.717) is 35.9 Å². The molecular formula is C35H34BFN4O4S. The second-order valence-corrected chi connectivity index (χ2v) is 12.2. The number of thioether (sulfide) groups is 1. The molecule has 2 atom stereocenters. The number of imidazole rings is 1. The van der Waals surface area contributed by atoms with Gasteiger partial charge in [-0.05, 0) is 55.1 Å². The highest BCUT2D eigenvalue weighted by Gasteiger charge is 2.36. The first-order chi connectivity index (χ1) is 22.5. The van der Waals surface area contributed by atoms with Gasteiger partial charge >= 0.3 is 13.1 Å². The molecule has 5 aromatic rings. The van der Waals surface area contributed by atoms with E-state index in [9.17, 15) is 14.3 Å². The van der Waals surface area contributed by atoms with Crippen LogP contribution in [-0.4, -0.2) is 55.7 Å². The standard InChI is InChI=1S/C35H34BFN4O4S/c1-2-21-46-35-38-19-17-30(39-35)33-32(24-13-15-27(37)16-14-24)40-34(25-9-5-3-6-10-25)41(33)20-18-28-22-29(23-31(42)43)45-36(44-28)26-11-7-4-8-12-26/h3-17,19,28-29H,2,18,20-23H2,1H3,(H,42,43)/t28-,29-/m1/s1. The lowest BCUT2D eigenvalue weighted by Gasteiger charge is -2.34. The van der Waals surface area contributed by atoms with Crippen LogP contribution in [0.15, 0.2) is 102 Å². The summed E-state index contributed by atoms with van der Waals surface area (Å²) in [6.07, 6.45) is 2.88. The Labute approximate surface area is 272 Å². The van der Waals surface area contributed by atoms with Crippen molar-refractivity contribution in [3.8, 4) is 34.0 Å². The zero-order chi connectivity index (χ0) is 31.9. The first-order valence-corrected chi connectivity index (χ1v) is 16.4. The number of carboxylic acids is 1. The highest BCUT2D eigenvalue weighted by molar-refractivity contribution is 7.99. The first kappa shape index (κ1) is 31.7. The number of aliphatic carboxylic acids is 1. The SMILES string of the molecule is CCCSc1nccc(-c2c(-c3ccc(F)cc3)nc(-c3ccccc3)n2CC[C@@H]2C[C@H](CC(=O)O)OB(c3ccccc3)O2)n1. The number of aromatic nitrogens is 4. The lowest BCUT2D eigenvalue weighted by Crippen LogP contribution is -2.49. The molecule has 0 bridgehead atoms. The van der Waals surface area contributed by atoms with Crippen molar-refractivity contribution in [1.82, 2.24) is 19.5 Å². The van der Waals surface area contributed by atoms with E-state index < -0.39 is 19.2 Å². The molecule has 46 heavy (non-hydrogen) atoms. The predicted octanol–water partition coefficient (Wildman–Crippen LogP) is 6.75. The van der Waals surface area contributed by atoms with E-state index >= 15 is 0 Å². The van der Waals surface area contributed by atoms with Gasteiger partial charge in [0.05, 0.1) is 29.6 Å². The molecule has 6 rings (SSSR count). The second-order valence-electron chi connectivity index (χ2n) is 11.1. The lowest BCUT2D eigenvalue weighted by atomic mass is 9.76. The summed E-state index contributed by atoms with van der Waals surface area (Å²) >= 11 is 1.60. The van der Waals surface area contributed by atoms with Crippen LogP contribution in [0.3, 0.4) is 0 Å². The van der Waals surface area contributed by atoms with Crippen molar-refractivity contribution < 1.29 is 23.6 Å². The molecule has 3 heterocycles. The summed E-state index contributed by atoms with van der Waals surface area (Å²) in [6.45, 7) is 2.62. The molecule has 2 aromatic heterocycles. The van der Waals surface area contributed by atoms with Gasteiger partial charge in [0.1, 0.15) is 11.6 Å². The molecule has 1 N–H and O–H groups in total. The average molecular weight is 637 g/mol. The van der Waals surface area contributed by atoms with Gasteiger partial charge in [0.25, 0.3) is 0 Å². The maximum Gasteiger partial charge on any atom is 0.494 e. The molecule has 11 heteroatoms. The Morgan fingerprint density at radius 3 is 2.39 bits per heavy atom. The Kier molecular flexibility index (Phi) is 10.2. The third-order valence-electron chi connectivity index (χ3n) is 7.74. The molecule has 1 saturated heterocycles. The van der Waals surface area contributed by atoms with E-state index in [1.54, 1.807) is 30.1 Å². The van der Waals surface area contributed by atoms with E-state index in [1.807, 2.05) is 66.7 Å². The minimum absolute atomic E-state index is 0.108. The van der Waals surface area contributed by atoms with Gasteiger partial charge in [0.15, 0.2) is 5.16 Å². The van der Waals surface area contributed by atoms with Crippen LogP contribution in [0.1, 0.15) is 32.6 Å². The van der Waals surface area contributed by atoms with E-state index in [2.05, 4.69) is 16.5 Å².